The van der Waals surface area contributed by atoms with Crippen LogP contribution in [0.1, 0.15) is 15.9 Å². The van der Waals surface area contributed by atoms with Crippen LogP contribution in [0.3, 0.4) is 0 Å². The molecule has 1 amide bonds. The third-order valence-electron chi connectivity index (χ3n) is 5.37. The SMILES string of the molecule is COc1ccc(NC(=O)c2ccc(OCc3ccccc3)cc2)cc1S(=O)(=O)N1CCOCC1. The molecule has 1 aliphatic heterocycles. The molecule has 178 valence electrons. The molecule has 4 rings (SSSR count). The van der Waals surface area contributed by atoms with Crippen LogP contribution in [-0.4, -0.2) is 52.0 Å². The highest BCUT2D eigenvalue weighted by atomic mass is 32.2. The number of hydrogen-bond donors (Lipinski definition) is 1. The highest BCUT2D eigenvalue weighted by Crippen LogP contribution is 2.30. The number of nitrogens with one attached hydrogen (secondary N) is 1. The van der Waals surface area contributed by atoms with Crippen molar-refractivity contribution in [1.82, 2.24) is 4.31 Å². The van der Waals surface area contributed by atoms with Gasteiger partial charge in [-0.2, -0.15) is 4.31 Å². The second-order valence-corrected chi connectivity index (χ2v) is 9.54. The number of anilines is 1. The summed E-state index contributed by atoms with van der Waals surface area (Å²) in [4.78, 5) is 12.8. The molecule has 1 fully saturated rings. The van der Waals surface area contributed by atoms with Gasteiger partial charge in [-0.05, 0) is 48.0 Å². The molecule has 0 radical (unpaired) electrons. The van der Waals surface area contributed by atoms with E-state index >= 15 is 0 Å². The predicted octanol–water partition coefficient (Wildman–Crippen LogP) is 3.55. The van der Waals surface area contributed by atoms with Crippen LogP contribution in [-0.2, 0) is 21.4 Å². The topological polar surface area (TPSA) is 94.2 Å². The maximum Gasteiger partial charge on any atom is 0.255 e. The minimum absolute atomic E-state index is 0.000593. The van der Waals surface area contributed by atoms with E-state index in [-0.39, 0.29) is 29.6 Å². The van der Waals surface area contributed by atoms with Crippen LogP contribution in [0, 0.1) is 0 Å². The van der Waals surface area contributed by atoms with E-state index < -0.39 is 10.0 Å². The van der Waals surface area contributed by atoms with Crippen LogP contribution < -0.4 is 14.8 Å². The van der Waals surface area contributed by atoms with Gasteiger partial charge in [0, 0.05) is 24.3 Å². The molecule has 1 N–H and O–H groups in total. The van der Waals surface area contributed by atoms with Crippen molar-refractivity contribution in [2.24, 2.45) is 0 Å². The van der Waals surface area contributed by atoms with Crippen molar-refractivity contribution >= 4 is 21.6 Å². The van der Waals surface area contributed by atoms with Gasteiger partial charge in [-0.15, -0.1) is 0 Å². The van der Waals surface area contributed by atoms with Crippen molar-refractivity contribution in [3.63, 3.8) is 0 Å². The lowest BCUT2D eigenvalue weighted by molar-refractivity contribution is 0.0729. The minimum Gasteiger partial charge on any atom is -0.495 e. The molecule has 3 aromatic rings. The number of rotatable bonds is 8. The summed E-state index contributed by atoms with van der Waals surface area (Å²) in [6.45, 7) is 1.63. The van der Waals surface area contributed by atoms with Crippen molar-refractivity contribution < 1.29 is 27.4 Å². The number of carbonyl (C=O) groups is 1. The van der Waals surface area contributed by atoms with Crippen molar-refractivity contribution in [3.8, 4) is 11.5 Å². The molecule has 0 unspecified atom stereocenters. The summed E-state index contributed by atoms with van der Waals surface area (Å²) in [6, 6.07) is 21.1. The number of sulfonamides is 1. The van der Waals surface area contributed by atoms with Gasteiger partial charge >= 0.3 is 0 Å². The van der Waals surface area contributed by atoms with E-state index in [0.717, 1.165) is 5.56 Å². The quantitative estimate of drug-likeness (QED) is 0.528. The van der Waals surface area contributed by atoms with E-state index in [1.54, 1.807) is 30.3 Å². The van der Waals surface area contributed by atoms with Gasteiger partial charge in [0.05, 0.1) is 20.3 Å². The van der Waals surface area contributed by atoms with E-state index in [0.29, 0.717) is 36.8 Å². The number of benzene rings is 3. The van der Waals surface area contributed by atoms with Crippen molar-refractivity contribution in [2.75, 3.05) is 38.7 Å². The van der Waals surface area contributed by atoms with Crippen LogP contribution in [0.4, 0.5) is 5.69 Å². The molecule has 0 bridgehead atoms. The Hall–Kier alpha value is -3.40. The Morgan fingerprint density at radius 2 is 1.71 bits per heavy atom. The van der Waals surface area contributed by atoms with Crippen molar-refractivity contribution in [3.05, 3.63) is 83.9 Å². The van der Waals surface area contributed by atoms with Gasteiger partial charge in [-0.25, -0.2) is 8.42 Å². The fourth-order valence-corrected chi connectivity index (χ4v) is 5.12. The molecule has 0 aliphatic carbocycles. The smallest absolute Gasteiger partial charge is 0.255 e. The molecule has 0 saturated carbocycles. The largest absolute Gasteiger partial charge is 0.495 e. The molecule has 8 nitrogen and oxygen atoms in total. The number of hydrogen-bond acceptors (Lipinski definition) is 6. The first-order valence-corrected chi connectivity index (χ1v) is 12.3. The molecular weight excluding hydrogens is 456 g/mol. The first-order chi connectivity index (χ1) is 16.5. The van der Waals surface area contributed by atoms with Crippen LogP contribution >= 0.6 is 0 Å². The molecule has 1 saturated heterocycles. The van der Waals surface area contributed by atoms with E-state index in [4.69, 9.17) is 14.2 Å². The Morgan fingerprint density at radius 3 is 2.38 bits per heavy atom. The second-order valence-electron chi connectivity index (χ2n) is 7.63. The van der Waals surface area contributed by atoms with Crippen LogP contribution in [0.25, 0.3) is 0 Å². The van der Waals surface area contributed by atoms with Crippen molar-refractivity contribution in [1.29, 1.82) is 0 Å². The highest BCUT2D eigenvalue weighted by molar-refractivity contribution is 7.89. The summed E-state index contributed by atoms with van der Waals surface area (Å²) < 4.78 is 43.9. The zero-order chi connectivity index (χ0) is 24.0. The minimum atomic E-state index is -3.80. The molecular formula is C25H26N2O6S. The average molecular weight is 483 g/mol. The Balaban J connectivity index is 1.46. The number of amides is 1. The fraction of sp³-hybridized carbons (Fsp3) is 0.240. The third kappa shape index (κ3) is 5.56. The van der Waals surface area contributed by atoms with E-state index in [1.807, 2.05) is 30.3 Å². The van der Waals surface area contributed by atoms with Gasteiger partial charge in [-0.3, -0.25) is 4.79 Å². The van der Waals surface area contributed by atoms with E-state index in [2.05, 4.69) is 5.32 Å². The third-order valence-corrected chi connectivity index (χ3v) is 7.29. The molecule has 34 heavy (non-hydrogen) atoms. The van der Waals surface area contributed by atoms with Gasteiger partial charge in [0.2, 0.25) is 10.0 Å². The summed E-state index contributed by atoms with van der Waals surface area (Å²) in [6.07, 6.45) is 0. The Labute approximate surface area is 199 Å². The van der Waals surface area contributed by atoms with Gasteiger partial charge in [-0.1, -0.05) is 30.3 Å². The van der Waals surface area contributed by atoms with Crippen molar-refractivity contribution in [2.45, 2.75) is 11.5 Å². The summed E-state index contributed by atoms with van der Waals surface area (Å²) in [5, 5.41) is 2.76. The molecule has 9 heteroatoms. The lowest BCUT2D eigenvalue weighted by Gasteiger charge is -2.26. The fourth-order valence-electron chi connectivity index (χ4n) is 3.53. The van der Waals surface area contributed by atoms with Gasteiger partial charge in [0.1, 0.15) is 23.0 Å². The molecule has 3 aromatic carbocycles. The molecule has 0 spiro atoms. The first kappa shape index (κ1) is 23.7. The zero-order valence-electron chi connectivity index (χ0n) is 18.8. The number of carbonyl (C=O) groups excluding carboxylic acids is 1. The standard InChI is InChI=1S/C25H26N2O6S/c1-31-23-12-9-21(17-24(23)34(29,30)27-13-15-32-16-14-27)26-25(28)20-7-10-22(11-8-20)33-18-19-5-3-2-4-6-19/h2-12,17H,13-16,18H2,1H3,(H,26,28). The molecule has 0 atom stereocenters. The predicted molar refractivity (Wildman–Crippen MR) is 128 cm³/mol. The maximum atomic E-state index is 13.1. The average Bonchev–Trinajstić information content (AvgIpc) is 2.89. The van der Waals surface area contributed by atoms with Crippen LogP contribution in [0.5, 0.6) is 11.5 Å². The maximum absolute atomic E-state index is 13.1. The van der Waals surface area contributed by atoms with Gasteiger partial charge in [0.15, 0.2) is 0 Å². The zero-order valence-corrected chi connectivity index (χ0v) is 19.6. The monoisotopic (exact) mass is 482 g/mol. The lowest BCUT2D eigenvalue weighted by Crippen LogP contribution is -2.40. The number of ether oxygens (including phenoxy) is 3. The summed E-state index contributed by atoms with van der Waals surface area (Å²) >= 11 is 0. The second kappa shape index (κ2) is 10.7. The van der Waals surface area contributed by atoms with E-state index in [1.165, 1.54) is 23.5 Å². The Morgan fingerprint density at radius 1 is 1.00 bits per heavy atom. The molecule has 0 aromatic heterocycles. The molecule has 1 aliphatic rings. The summed E-state index contributed by atoms with van der Waals surface area (Å²) in [7, 11) is -2.39. The number of morpholine rings is 1. The Bertz CT molecular complexity index is 1220. The van der Waals surface area contributed by atoms with Gasteiger partial charge < -0.3 is 19.5 Å². The van der Waals surface area contributed by atoms with Crippen LogP contribution in [0.2, 0.25) is 0 Å². The van der Waals surface area contributed by atoms with E-state index in [9.17, 15) is 13.2 Å². The number of methoxy groups -OCH3 is 1. The van der Waals surface area contributed by atoms with Gasteiger partial charge in [0.25, 0.3) is 5.91 Å². The first-order valence-electron chi connectivity index (χ1n) is 10.8. The lowest BCUT2D eigenvalue weighted by atomic mass is 10.2. The molecule has 1 heterocycles. The number of nitrogens with zero attached hydrogens (tertiary/aromatic N) is 1. The normalized spacial score (nSPS) is 14.4. The highest BCUT2D eigenvalue weighted by Gasteiger charge is 2.29. The van der Waals surface area contributed by atoms with Crippen LogP contribution in [0.15, 0.2) is 77.7 Å². The summed E-state index contributed by atoms with van der Waals surface area (Å²) in [5.74, 6) is 0.489. The Kier molecular flexibility index (Phi) is 7.46. The summed E-state index contributed by atoms with van der Waals surface area (Å²) in [5.41, 5.74) is 1.81.